The van der Waals surface area contributed by atoms with E-state index in [2.05, 4.69) is 0 Å². The van der Waals surface area contributed by atoms with E-state index in [4.69, 9.17) is 4.74 Å². The number of carbonyl (C=O) groups is 1. The molecule has 0 N–H and O–H groups in total. The first-order valence-corrected chi connectivity index (χ1v) is 5.17. The average molecular weight is 226 g/mol. The molecule has 1 aliphatic rings. The van der Waals surface area contributed by atoms with Crippen molar-refractivity contribution in [1.29, 1.82) is 0 Å². The van der Waals surface area contributed by atoms with Crippen LogP contribution in [0, 0.1) is 17.6 Å². The standard InChI is InChI=1S/C12H12F2O2/c1-6(2)12(15)11-4-7-3-8(13)9(14)5-10(7)16-11/h3,5-6,11H,4H2,1-2H3. The molecule has 1 aromatic rings. The third-order valence-electron chi connectivity index (χ3n) is 2.66. The predicted molar refractivity (Wildman–Crippen MR) is 54.3 cm³/mol. The van der Waals surface area contributed by atoms with Gasteiger partial charge in [-0.05, 0) is 6.07 Å². The fourth-order valence-electron chi connectivity index (χ4n) is 1.76. The number of rotatable bonds is 2. The first-order valence-electron chi connectivity index (χ1n) is 5.17. The van der Waals surface area contributed by atoms with Crippen LogP contribution in [0.15, 0.2) is 12.1 Å². The average Bonchev–Trinajstić information content (AvgIpc) is 2.60. The molecule has 1 heterocycles. The van der Waals surface area contributed by atoms with Gasteiger partial charge < -0.3 is 4.74 Å². The van der Waals surface area contributed by atoms with Crippen molar-refractivity contribution in [2.75, 3.05) is 0 Å². The Hall–Kier alpha value is -1.45. The molecule has 0 aliphatic carbocycles. The number of Topliss-reactive ketones (excluding diaryl/α,β-unsaturated/α-hetero) is 1. The minimum atomic E-state index is -0.948. The largest absolute Gasteiger partial charge is 0.482 e. The molecule has 2 rings (SSSR count). The van der Waals surface area contributed by atoms with E-state index in [1.54, 1.807) is 13.8 Å². The lowest BCUT2D eigenvalue weighted by Crippen LogP contribution is -2.29. The molecule has 16 heavy (non-hydrogen) atoms. The summed E-state index contributed by atoms with van der Waals surface area (Å²) in [5.41, 5.74) is 0.554. The summed E-state index contributed by atoms with van der Waals surface area (Å²) in [5, 5.41) is 0. The maximum atomic E-state index is 12.9. The van der Waals surface area contributed by atoms with Crippen LogP contribution in [0.25, 0.3) is 0 Å². The lowest BCUT2D eigenvalue weighted by molar-refractivity contribution is -0.128. The zero-order valence-corrected chi connectivity index (χ0v) is 9.09. The molecule has 4 heteroatoms. The zero-order valence-electron chi connectivity index (χ0n) is 9.09. The molecule has 0 amide bonds. The molecule has 0 bridgehead atoms. The first kappa shape index (κ1) is 11.0. The Bertz CT molecular complexity index is 410. The Balaban J connectivity index is 2.24. The summed E-state index contributed by atoms with van der Waals surface area (Å²) >= 11 is 0. The van der Waals surface area contributed by atoms with E-state index in [0.717, 1.165) is 12.1 Å². The Morgan fingerprint density at radius 1 is 1.38 bits per heavy atom. The van der Waals surface area contributed by atoms with Crippen molar-refractivity contribution in [3.63, 3.8) is 0 Å². The highest BCUT2D eigenvalue weighted by Gasteiger charge is 2.31. The Kier molecular flexibility index (Phi) is 2.66. The van der Waals surface area contributed by atoms with Gasteiger partial charge in [-0.2, -0.15) is 0 Å². The molecular formula is C12H12F2O2. The summed E-state index contributed by atoms with van der Waals surface area (Å²) in [7, 11) is 0. The third kappa shape index (κ3) is 1.79. The van der Waals surface area contributed by atoms with E-state index >= 15 is 0 Å². The summed E-state index contributed by atoms with van der Waals surface area (Å²) in [6.07, 6.45) is -0.278. The van der Waals surface area contributed by atoms with Crippen LogP contribution >= 0.6 is 0 Å². The van der Waals surface area contributed by atoms with E-state index in [1.807, 2.05) is 0 Å². The fraction of sp³-hybridized carbons (Fsp3) is 0.417. The molecule has 0 saturated carbocycles. The smallest absolute Gasteiger partial charge is 0.176 e. The van der Waals surface area contributed by atoms with Crippen LogP contribution in [-0.4, -0.2) is 11.9 Å². The van der Waals surface area contributed by atoms with Crippen LogP contribution in [0.5, 0.6) is 5.75 Å². The van der Waals surface area contributed by atoms with Gasteiger partial charge in [-0.25, -0.2) is 8.78 Å². The maximum Gasteiger partial charge on any atom is 0.176 e. The quantitative estimate of drug-likeness (QED) is 0.774. The highest BCUT2D eigenvalue weighted by Crippen LogP contribution is 2.31. The van der Waals surface area contributed by atoms with Crippen molar-refractivity contribution in [3.8, 4) is 5.75 Å². The molecule has 1 atom stereocenters. The van der Waals surface area contributed by atoms with Gasteiger partial charge in [0.05, 0.1) is 0 Å². The van der Waals surface area contributed by atoms with Crippen LogP contribution in [0.3, 0.4) is 0 Å². The molecule has 0 saturated heterocycles. The van der Waals surface area contributed by atoms with E-state index in [0.29, 0.717) is 12.0 Å². The Labute approximate surface area is 92.2 Å². The van der Waals surface area contributed by atoms with E-state index in [1.165, 1.54) is 0 Å². The maximum absolute atomic E-state index is 12.9. The number of halogens is 2. The van der Waals surface area contributed by atoms with Gasteiger partial charge in [0, 0.05) is 24.0 Å². The highest BCUT2D eigenvalue weighted by molar-refractivity contribution is 5.86. The van der Waals surface area contributed by atoms with Gasteiger partial charge in [-0.3, -0.25) is 4.79 Å². The molecular weight excluding hydrogens is 214 g/mol. The van der Waals surface area contributed by atoms with E-state index in [9.17, 15) is 13.6 Å². The zero-order chi connectivity index (χ0) is 11.9. The van der Waals surface area contributed by atoms with Gasteiger partial charge in [0.1, 0.15) is 5.75 Å². The van der Waals surface area contributed by atoms with Crippen molar-refractivity contribution in [1.82, 2.24) is 0 Å². The van der Waals surface area contributed by atoms with E-state index in [-0.39, 0.29) is 17.5 Å². The minimum Gasteiger partial charge on any atom is -0.482 e. The molecule has 1 unspecified atom stereocenters. The second kappa shape index (κ2) is 3.85. The number of fused-ring (bicyclic) bond motifs is 1. The second-order valence-corrected chi connectivity index (χ2v) is 4.24. The number of ketones is 1. The van der Waals surface area contributed by atoms with Crippen molar-refractivity contribution in [2.45, 2.75) is 26.4 Å². The summed E-state index contributed by atoms with van der Waals surface area (Å²) in [5.74, 6) is -1.76. The normalized spacial score (nSPS) is 18.4. The molecule has 0 radical (unpaired) electrons. The lowest BCUT2D eigenvalue weighted by Gasteiger charge is -2.11. The molecule has 1 aromatic carbocycles. The van der Waals surface area contributed by atoms with Crippen LogP contribution in [0.1, 0.15) is 19.4 Å². The molecule has 86 valence electrons. The minimum absolute atomic E-state index is 0.0444. The number of benzene rings is 1. The highest BCUT2D eigenvalue weighted by atomic mass is 19.2. The molecule has 1 aliphatic heterocycles. The summed E-state index contributed by atoms with van der Waals surface area (Å²) in [4.78, 5) is 11.7. The van der Waals surface area contributed by atoms with Crippen LogP contribution in [0.4, 0.5) is 8.78 Å². The molecule has 0 aromatic heterocycles. The molecule has 0 fully saturated rings. The molecule has 2 nitrogen and oxygen atoms in total. The lowest BCUT2D eigenvalue weighted by atomic mass is 10.00. The summed E-state index contributed by atoms with van der Waals surface area (Å²) < 4.78 is 31.2. The van der Waals surface area contributed by atoms with Crippen molar-refractivity contribution < 1.29 is 18.3 Å². The van der Waals surface area contributed by atoms with Crippen molar-refractivity contribution in [3.05, 3.63) is 29.3 Å². The second-order valence-electron chi connectivity index (χ2n) is 4.24. The van der Waals surface area contributed by atoms with E-state index < -0.39 is 17.7 Å². The van der Waals surface area contributed by atoms with Crippen molar-refractivity contribution >= 4 is 5.78 Å². The van der Waals surface area contributed by atoms with Crippen LogP contribution in [0.2, 0.25) is 0 Å². The van der Waals surface area contributed by atoms with Gasteiger partial charge in [0.15, 0.2) is 23.5 Å². The Morgan fingerprint density at radius 3 is 2.62 bits per heavy atom. The third-order valence-corrected chi connectivity index (χ3v) is 2.66. The van der Waals surface area contributed by atoms with Crippen LogP contribution in [-0.2, 0) is 11.2 Å². The number of hydrogen-bond donors (Lipinski definition) is 0. The number of carbonyl (C=O) groups excluding carboxylic acids is 1. The van der Waals surface area contributed by atoms with Crippen LogP contribution < -0.4 is 4.74 Å². The van der Waals surface area contributed by atoms with Gasteiger partial charge in [0.2, 0.25) is 0 Å². The monoisotopic (exact) mass is 226 g/mol. The topological polar surface area (TPSA) is 26.3 Å². The summed E-state index contributed by atoms with van der Waals surface area (Å²) in [6.45, 7) is 3.55. The van der Waals surface area contributed by atoms with Gasteiger partial charge in [0.25, 0.3) is 0 Å². The first-order chi connectivity index (χ1) is 7.49. The predicted octanol–water partition coefficient (Wildman–Crippen LogP) is 2.49. The summed E-state index contributed by atoms with van der Waals surface area (Å²) in [6, 6.07) is 2.09. The Morgan fingerprint density at radius 2 is 2.00 bits per heavy atom. The van der Waals surface area contributed by atoms with Gasteiger partial charge in [-0.15, -0.1) is 0 Å². The van der Waals surface area contributed by atoms with Gasteiger partial charge in [-0.1, -0.05) is 13.8 Å². The van der Waals surface area contributed by atoms with Crippen molar-refractivity contribution in [2.24, 2.45) is 5.92 Å². The fourth-order valence-corrected chi connectivity index (χ4v) is 1.76. The van der Waals surface area contributed by atoms with Gasteiger partial charge >= 0.3 is 0 Å². The molecule has 0 spiro atoms. The number of ether oxygens (including phenoxy) is 1. The SMILES string of the molecule is CC(C)C(=O)C1Cc2cc(F)c(F)cc2O1. The number of hydrogen-bond acceptors (Lipinski definition) is 2.